The SMILES string of the molecule is CCC(C=O)NC(=O)C(C)(C)Sc1nc(NC)c(C(=O)NC)n1Cc1cccc(Br)c1. The molecular weight excluding hydrogens is 482 g/mol. The van der Waals surface area contributed by atoms with Crippen molar-refractivity contribution in [1.29, 1.82) is 0 Å². The number of carbonyl (C=O) groups excluding carboxylic acids is 3. The van der Waals surface area contributed by atoms with Crippen molar-refractivity contribution >= 4 is 51.6 Å². The van der Waals surface area contributed by atoms with Gasteiger partial charge >= 0.3 is 0 Å². The molecule has 0 spiro atoms. The summed E-state index contributed by atoms with van der Waals surface area (Å²) in [7, 11) is 3.26. The van der Waals surface area contributed by atoms with Crippen molar-refractivity contribution in [2.45, 2.75) is 49.7 Å². The maximum Gasteiger partial charge on any atom is 0.271 e. The van der Waals surface area contributed by atoms with Crippen molar-refractivity contribution < 1.29 is 14.4 Å². The van der Waals surface area contributed by atoms with E-state index in [0.29, 0.717) is 29.6 Å². The Hall–Kier alpha value is -2.33. The number of nitrogens with zero attached hydrogens (tertiary/aromatic N) is 2. The summed E-state index contributed by atoms with van der Waals surface area (Å²) < 4.78 is 1.79. The molecule has 2 aromatic rings. The summed E-state index contributed by atoms with van der Waals surface area (Å²) in [4.78, 5) is 41.2. The van der Waals surface area contributed by atoms with E-state index in [4.69, 9.17) is 0 Å². The number of nitrogens with one attached hydrogen (secondary N) is 3. The van der Waals surface area contributed by atoms with Crippen molar-refractivity contribution in [3.05, 3.63) is 40.0 Å². The van der Waals surface area contributed by atoms with Crippen molar-refractivity contribution in [1.82, 2.24) is 20.2 Å². The highest BCUT2D eigenvalue weighted by molar-refractivity contribution is 9.10. The van der Waals surface area contributed by atoms with Crippen molar-refractivity contribution in [3.63, 3.8) is 0 Å². The van der Waals surface area contributed by atoms with Crippen LogP contribution in [0.5, 0.6) is 0 Å². The van der Waals surface area contributed by atoms with E-state index in [9.17, 15) is 14.4 Å². The number of benzene rings is 1. The minimum atomic E-state index is -0.929. The number of anilines is 1. The molecule has 3 N–H and O–H groups in total. The van der Waals surface area contributed by atoms with Crippen LogP contribution < -0.4 is 16.0 Å². The van der Waals surface area contributed by atoms with E-state index >= 15 is 0 Å². The first-order valence-electron chi connectivity index (χ1n) is 9.86. The van der Waals surface area contributed by atoms with Crippen LogP contribution in [0, 0.1) is 0 Å². The highest BCUT2D eigenvalue weighted by Crippen LogP contribution is 2.35. The standard InChI is InChI=1S/C21H28BrN5O3S/c1-6-15(12-28)25-19(30)21(2,3)31-20-26-17(23-4)16(18(29)24-5)27(20)11-13-8-7-9-14(22)10-13/h7-10,12,15,23H,6,11H2,1-5H3,(H,24,29)(H,25,30). The number of hydrogen-bond donors (Lipinski definition) is 3. The van der Waals surface area contributed by atoms with Crippen molar-refractivity contribution in [3.8, 4) is 0 Å². The Morgan fingerprint density at radius 1 is 1.32 bits per heavy atom. The number of imidazole rings is 1. The average molecular weight is 510 g/mol. The molecule has 0 saturated carbocycles. The Kier molecular flexibility index (Phi) is 8.69. The Bertz CT molecular complexity index is 960. The zero-order chi connectivity index (χ0) is 23.2. The van der Waals surface area contributed by atoms with Crippen LogP contribution in [0.25, 0.3) is 0 Å². The van der Waals surface area contributed by atoms with E-state index in [1.807, 2.05) is 31.2 Å². The van der Waals surface area contributed by atoms with Gasteiger partial charge in [0.1, 0.15) is 6.29 Å². The molecule has 8 nitrogen and oxygen atoms in total. The molecule has 0 bridgehead atoms. The van der Waals surface area contributed by atoms with Gasteiger partial charge in [0.05, 0.1) is 17.3 Å². The fourth-order valence-corrected chi connectivity index (χ4v) is 4.30. The molecule has 1 aromatic carbocycles. The fraction of sp³-hybridized carbons (Fsp3) is 0.429. The molecule has 0 fully saturated rings. The topological polar surface area (TPSA) is 105 Å². The van der Waals surface area contributed by atoms with Gasteiger partial charge in [-0.2, -0.15) is 0 Å². The Morgan fingerprint density at radius 3 is 2.58 bits per heavy atom. The third-order valence-corrected chi connectivity index (χ3v) is 6.34. The lowest BCUT2D eigenvalue weighted by molar-refractivity contribution is -0.125. The van der Waals surface area contributed by atoms with Gasteiger partial charge in [-0.3, -0.25) is 9.59 Å². The molecule has 1 unspecified atom stereocenters. The second-order valence-electron chi connectivity index (χ2n) is 7.37. The van der Waals surface area contributed by atoms with E-state index in [1.54, 1.807) is 32.5 Å². The molecule has 10 heteroatoms. The lowest BCUT2D eigenvalue weighted by Gasteiger charge is -2.24. The van der Waals surface area contributed by atoms with Gasteiger partial charge in [0.15, 0.2) is 16.7 Å². The van der Waals surface area contributed by atoms with E-state index in [1.165, 1.54) is 11.8 Å². The molecule has 0 aliphatic heterocycles. The van der Waals surface area contributed by atoms with E-state index < -0.39 is 10.8 Å². The number of carbonyl (C=O) groups is 3. The van der Waals surface area contributed by atoms with Gasteiger partial charge < -0.3 is 25.3 Å². The average Bonchev–Trinajstić information content (AvgIpc) is 3.07. The lowest BCUT2D eigenvalue weighted by Crippen LogP contribution is -2.45. The first kappa shape index (κ1) is 24.9. The molecule has 0 radical (unpaired) electrons. The number of rotatable bonds is 10. The minimum absolute atomic E-state index is 0.277. The molecule has 0 aliphatic rings. The van der Waals surface area contributed by atoms with Crippen LogP contribution in [0.4, 0.5) is 5.82 Å². The number of aldehydes is 1. The molecule has 2 amide bonds. The number of halogens is 1. The van der Waals surface area contributed by atoms with Crippen LogP contribution in [0.3, 0.4) is 0 Å². The van der Waals surface area contributed by atoms with Gasteiger partial charge in [-0.1, -0.05) is 46.7 Å². The maximum absolute atomic E-state index is 12.8. The monoisotopic (exact) mass is 509 g/mol. The zero-order valence-corrected chi connectivity index (χ0v) is 20.7. The van der Waals surface area contributed by atoms with Crippen LogP contribution >= 0.6 is 27.7 Å². The highest BCUT2D eigenvalue weighted by Gasteiger charge is 2.34. The predicted molar refractivity (Wildman–Crippen MR) is 127 cm³/mol. The number of aromatic nitrogens is 2. The van der Waals surface area contributed by atoms with Gasteiger partial charge in [-0.25, -0.2) is 4.98 Å². The van der Waals surface area contributed by atoms with Gasteiger partial charge in [0.25, 0.3) is 5.91 Å². The Morgan fingerprint density at radius 2 is 2.03 bits per heavy atom. The first-order chi connectivity index (χ1) is 14.7. The molecule has 1 heterocycles. The highest BCUT2D eigenvalue weighted by atomic mass is 79.9. The molecule has 1 aromatic heterocycles. The molecule has 0 aliphatic carbocycles. The number of hydrogen-bond acceptors (Lipinski definition) is 6. The summed E-state index contributed by atoms with van der Waals surface area (Å²) >= 11 is 4.71. The van der Waals surface area contributed by atoms with Crippen LogP contribution in [-0.2, 0) is 16.1 Å². The zero-order valence-electron chi connectivity index (χ0n) is 18.3. The van der Waals surface area contributed by atoms with Crippen LogP contribution in [0.15, 0.2) is 33.9 Å². The maximum atomic E-state index is 12.8. The molecule has 31 heavy (non-hydrogen) atoms. The number of amides is 2. The van der Waals surface area contributed by atoms with Crippen LogP contribution in [-0.4, -0.2) is 52.5 Å². The van der Waals surface area contributed by atoms with Crippen LogP contribution in [0.2, 0.25) is 0 Å². The summed E-state index contributed by atoms with van der Waals surface area (Å²) in [5.74, 6) is -0.138. The summed E-state index contributed by atoms with van der Waals surface area (Å²) in [5, 5.41) is 8.90. The smallest absolute Gasteiger partial charge is 0.271 e. The van der Waals surface area contributed by atoms with Gasteiger partial charge in [0.2, 0.25) is 5.91 Å². The van der Waals surface area contributed by atoms with E-state index in [0.717, 1.165) is 16.3 Å². The van der Waals surface area contributed by atoms with E-state index in [-0.39, 0.29) is 11.8 Å². The molecule has 1 atom stereocenters. The summed E-state index contributed by atoms with van der Waals surface area (Å²) in [6.07, 6.45) is 1.24. The van der Waals surface area contributed by atoms with Crippen molar-refractivity contribution in [2.75, 3.05) is 19.4 Å². The molecule has 168 valence electrons. The second kappa shape index (κ2) is 10.8. The third kappa shape index (κ3) is 6.10. The van der Waals surface area contributed by atoms with Gasteiger partial charge in [-0.05, 0) is 38.0 Å². The summed E-state index contributed by atoms with van der Waals surface area (Å²) in [6.45, 7) is 5.75. The normalized spacial score (nSPS) is 12.2. The third-order valence-electron chi connectivity index (χ3n) is 4.66. The Balaban J connectivity index is 2.48. The number of thioether (sulfide) groups is 1. The van der Waals surface area contributed by atoms with Crippen LogP contribution in [0.1, 0.15) is 43.2 Å². The molecule has 2 rings (SSSR count). The Labute approximate surface area is 195 Å². The summed E-state index contributed by atoms with van der Waals surface area (Å²) in [5.41, 5.74) is 1.35. The van der Waals surface area contributed by atoms with Gasteiger partial charge in [0, 0.05) is 18.6 Å². The fourth-order valence-electron chi connectivity index (χ4n) is 2.85. The lowest BCUT2D eigenvalue weighted by atomic mass is 10.1. The molecule has 0 saturated heterocycles. The summed E-state index contributed by atoms with van der Waals surface area (Å²) in [6, 6.07) is 7.23. The van der Waals surface area contributed by atoms with E-state index in [2.05, 4.69) is 36.9 Å². The first-order valence-corrected chi connectivity index (χ1v) is 11.5. The minimum Gasteiger partial charge on any atom is -0.371 e. The largest absolute Gasteiger partial charge is 0.371 e. The van der Waals surface area contributed by atoms with Gasteiger partial charge in [-0.15, -0.1) is 0 Å². The van der Waals surface area contributed by atoms with Crippen molar-refractivity contribution in [2.24, 2.45) is 0 Å². The quantitative estimate of drug-likeness (QED) is 0.335. The second-order valence-corrected chi connectivity index (χ2v) is 9.88. The predicted octanol–water partition coefficient (Wildman–Crippen LogP) is 3.06. The molecular formula is C21H28BrN5O3S.